The van der Waals surface area contributed by atoms with Gasteiger partial charge in [-0.05, 0) is 54.7 Å². The highest BCUT2D eigenvalue weighted by Crippen LogP contribution is 2.47. The van der Waals surface area contributed by atoms with E-state index in [4.69, 9.17) is 0 Å². The van der Waals surface area contributed by atoms with Crippen LogP contribution in [-0.4, -0.2) is 57.0 Å². The summed E-state index contributed by atoms with van der Waals surface area (Å²) in [5.41, 5.74) is 1.51. The molecule has 3 aromatic carbocycles. The first-order chi connectivity index (χ1) is 22.1. The zero-order chi connectivity index (χ0) is 32.6. The molecule has 0 aliphatic carbocycles. The molecular weight excluding hydrogens is 588 g/mol. The van der Waals surface area contributed by atoms with E-state index < -0.39 is 22.3 Å². The van der Waals surface area contributed by atoms with E-state index in [-0.39, 0.29) is 48.7 Å². The minimum atomic E-state index is -2.11. The molecule has 2 N–H and O–H groups in total. The minimum Gasteiger partial charge on any atom is -0.394 e. The number of fused-ring (bicyclic) bond motifs is 2. The number of carbonyl (C=O) groups excluding carboxylic acids is 3. The summed E-state index contributed by atoms with van der Waals surface area (Å²) in [4.78, 5) is 55.5. The number of hydrogen-bond donors (Lipinski definition) is 2. The lowest BCUT2D eigenvalue weighted by molar-refractivity contribution is -0.385. The molecule has 3 aliphatic rings. The van der Waals surface area contributed by atoms with Gasteiger partial charge in [-0.15, -0.1) is 0 Å². The molecule has 1 fully saturated rings. The van der Waals surface area contributed by atoms with Crippen molar-refractivity contribution in [1.82, 2.24) is 4.90 Å². The third kappa shape index (κ3) is 5.45. The number of aliphatic hydroxyl groups is 2. The summed E-state index contributed by atoms with van der Waals surface area (Å²) in [5.74, 6) is -1.60. The first-order valence-electron chi connectivity index (χ1n) is 15.5. The first kappa shape index (κ1) is 31.1. The van der Waals surface area contributed by atoms with E-state index in [1.807, 2.05) is 48.5 Å². The number of rotatable bonds is 9. The van der Waals surface area contributed by atoms with Gasteiger partial charge in [-0.1, -0.05) is 49.4 Å². The lowest BCUT2D eigenvalue weighted by Crippen LogP contribution is -2.44. The van der Waals surface area contributed by atoms with Crippen LogP contribution in [0, 0.1) is 16.0 Å². The number of hydrogen-bond acceptors (Lipinski definition) is 7. The Labute approximate surface area is 266 Å². The normalized spacial score (nSPS) is 21.5. The fourth-order valence-corrected chi connectivity index (χ4v) is 6.83. The maximum absolute atomic E-state index is 14.0. The molecule has 11 nitrogen and oxygen atoms in total. The topological polar surface area (TPSA) is 145 Å². The summed E-state index contributed by atoms with van der Waals surface area (Å²) in [6.45, 7) is 2.20. The largest absolute Gasteiger partial charge is 0.394 e. The molecule has 1 saturated heterocycles. The van der Waals surface area contributed by atoms with E-state index in [1.165, 1.54) is 23.1 Å². The quantitative estimate of drug-likeness (QED) is 0.203. The van der Waals surface area contributed by atoms with Crippen LogP contribution in [0.25, 0.3) is 0 Å². The second kappa shape index (κ2) is 12.5. The van der Waals surface area contributed by atoms with Gasteiger partial charge in [0.2, 0.25) is 11.8 Å². The Morgan fingerprint density at radius 3 is 2.59 bits per heavy atom. The van der Waals surface area contributed by atoms with Crippen molar-refractivity contribution in [2.75, 3.05) is 23.0 Å². The predicted molar refractivity (Wildman–Crippen MR) is 171 cm³/mol. The minimum absolute atomic E-state index is 0.000794. The molecule has 0 spiro atoms. The zero-order valence-corrected chi connectivity index (χ0v) is 25.5. The molecule has 11 heteroatoms. The lowest BCUT2D eigenvalue weighted by atomic mass is 9.82. The average molecular weight is 625 g/mol. The van der Waals surface area contributed by atoms with Gasteiger partial charge in [0.1, 0.15) is 0 Å². The number of nitrogens with zero attached hydrogens (tertiary/aromatic N) is 4. The molecule has 0 radical (unpaired) electrons. The maximum Gasteiger partial charge on any atom is 0.269 e. The third-order valence-electron chi connectivity index (χ3n) is 9.37. The van der Waals surface area contributed by atoms with Gasteiger partial charge in [0.15, 0.2) is 5.60 Å². The molecule has 3 heterocycles. The summed E-state index contributed by atoms with van der Waals surface area (Å²) >= 11 is 0. The Morgan fingerprint density at radius 1 is 1.09 bits per heavy atom. The van der Waals surface area contributed by atoms with Crippen molar-refractivity contribution in [2.24, 2.45) is 5.92 Å². The van der Waals surface area contributed by atoms with Crippen molar-refractivity contribution in [3.05, 3.63) is 106 Å². The third-order valence-corrected chi connectivity index (χ3v) is 9.37. The summed E-state index contributed by atoms with van der Waals surface area (Å²) in [7, 11) is 0. The molecule has 3 aliphatic heterocycles. The number of aryl methyl sites for hydroxylation is 1. The van der Waals surface area contributed by atoms with Crippen molar-refractivity contribution in [3.8, 4) is 0 Å². The highest BCUT2D eigenvalue weighted by Gasteiger charge is 2.53. The standard InChI is InChI=1S/C35H36N4O7/c1-23(6-4-10-32(41)36-19-5-8-28(36)22-40)35(44)29-20-27(39(45)46)16-17-31(29)37(34(35)43)21-24-11-14-26(15-12-24)38-30-9-3-2-7-25(30)13-18-33(38)42/h2-4,6-7,9,11-12,14-17,20,23,28,40,44H,5,8,10,13,18-19,21-22H2,1H3/b6-4+/t23-,28-,35+/m0/s1. The fourth-order valence-electron chi connectivity index (χ4n) is 6.83. The predicted octanol–water partition coefficient (Wildman–Crippen LogP) is 4.51. The fraction of sp³-hybridized carbons (Fsp3) is 0.343. The van der Waals surface area contributed by atoms with Crippen molar-refractivity contribution in [2.45, 2.75) is 57.2 Å². The van der Waals surface area contributed by atoms with Gasteiger partial charge in [0.05, 0.1) is 35.5 Å². The lowest BCUT2D eigenvalue weighted by Gasteiger charge is -2.30. The van der Waals surface area contributed by atoms with E-state index in [2.05, 4.69) is 0 Å². The van der Waals surface area contributed by atoms with E-state index >= 15 is 0 Å². The van der Waals surface area contributed by atoms with Gasteiger partial charge in [-0.2, -0.15) is 0 Å². The molecular formula is C35H36N4O7. The SMILES string of the molecule is C[C@@H](/C=C/CC(=O)N1CCC[C@H]1CO)[C@]1(O)C(=O)N(Cc2ccc(N3C(=O)CCc4ccccc43)cc2)c2ccc([N+](=O)[O-])cc21. The average Bonchev–Trinajstić information content (AvgIpc) is 3.63. The number of nitro groups is 1. The number of amides is 3. The van der Waals surface area contributed by atoms with Gasteiger partial charge in [-0.25, -0.2) is 0 Å². The second-order valence-corrected chi connectivity index (χ2v) is 12.1. The van der Waals surface area contributed by atoms with Crippen molar-refractivity contribution in [3.63, 3.8) is 0 Å². The van der Waals surface area contributed by atoms with Gasteiger partial charge in [-0.3, -0.25) is 29.4 Å². The van der Waals surface area contributed by atoms with Gasteiger partial charge < -0.3 is 20.0 Å². The number of likely N-dealkylation sites (tertiary alicyclic amines) is 1. The van der Waals surface area contributed by atoms with E-state index in [9.17, 15) is 34.7 Å². The smallest absolute Gasteiger partial charge is 0.269 e. The molecule has 46 heavy (non-hydrogen) atoms. The molecule has 238 valence electrons. The van der Waals surface area contributed by atoms with Crippen LogP contribution in [0.1, 0.15) is 49.3 Å². The molecule has 0 unspecified atom stereocenters. The van der Waals surface area contributed by atoms with Crippen LogP contribution in [-0.2, 0) is 33.0 Å². The van der Waals surface area contributed by atoms with Crippen LogP contribution in [0.2, 0.25) is 0 Å². The van der Waals surface area contributed by atoms with Crippen LogP contribution in [0.4, 0.5) is 22.7 Å². The number of para-hydroxylation sites is 1. The highest BCUT2D eigenvalue weighted by atomic mass is 16.6. The number of benzene rings is 3. The first-order valence-corrected chi connectivity index (χ1v) is 15.5. The Hall–Kier alpha value is -4.87. The number of aliphatic hydroxyl groups excluding tert-OH is 1. The molecule has 0 bridgehead atoms. The Balaban J connectivity index is 1.25. The molecule has 3 amide bonds. The Kier molecular flexibility index (Phi) is 8.45. The van der Waals surface area contributed by atoms with Crippen LogP contribution in [0.15, 0.2) is 78.9 Å². The number of anilines is 3. The van der Waals surface area contributed by atoms with E-state index in [0.29, 0.717) is 30.8 Å². The number of non-ortho nitro benzene ring substituents is 1. The highest BCUT2D eigenvalue weighted by molar-refractivity contribution is 6.07. The number of nitro benzene ring substituents is 1. The van der Waals surface area contributed by atoms with E-state index in [1.54, 1.807) is 28.9 Å². The van der Waals surface area contributed by atoms with Crippen molar-refractivity contribution < 1.29 is 29.5 Å². The summed E-state index contributed by atoms with van der Waals surface area (Å²) in [6.07, 6.45) is 5.89. The van der Waals surface area contributed by atoms with Crippen molar-refractivity contribution >= 4 is 40.5 Å². The summed E-state index contributed by atoms with van der Waals surface area (Å²) in [5, 5.41) is 33.2. The van der Waals surface area contributed by atoms with Gasteiger partial charge >= 0.3 is 0 Å². The van der Waals surface area contributed by atoms with Crippen LogP contribution >= 0.6 is 0 Å². The molecule has 0 saturated carbocycles. The van der Waals surface area contributed by atoms with Crippen LogP contribution in [0.5, 0.6) is 0 Å². The van der Waals surface area contributed by atoms with Crippen LogP contribution < -0.4 is 9.80 Å². The van der Waals surface area contributed by atoms with Gasteiger partial charge in [0, 0.05) is 48.7 Å². The molecule has 3 aromatic rings. The summed E-state index contributed by atoms with van der Waals surface area (Å²) < 4.78 is 0. The maximum atomic E-state index is 14.0. The molecule has 0 aromatic heterocycles. The molecule has 3 atom stereocenters. The van der Waals surface area contributed by atoms with Crippen molar-refractivity contribution in [1.29, 1.82) is 0 Å². The monoisotopic (exact) mass is 624 g/mol. The Morgan fingerprint density at radius 2 is 1.85 bits per heavy atom. The second-order valence-electron chi connectivity index (χ2n) is 12.1. The molecule has 6 rings (SSSR count). The number of carbonyl (C=O) groups is 3. The van der Waals surface area contributed by atoms with Gasteiger partial charge in [0.25, 0.3) is 11.6 Å². The summed E-state index contributed by atoms with van der Waals surface area (Å²) in [6, 6.07) is 18.9. The Bertz CT molecular complexity index is 1720. The van der Waals surface area contributed by atoms with E-state index in [0.717, 1.165) is 29.7 Å². The zero-order valence-electron chi connectivity index (χ0n) is 25.5. The van der Waals surface area contributed by atoms with Crippen LogP contribution in [0.3, 0.4) is 0 Å².